The highest BCUT2D eigenvalue weighted by molar-refractivity contribution is 7.18. The van der Waals surface area contributed by atoms with E-state index in [0.717, 1.165) is 33.8 Å². The molecule has 2 aromatic heterocycles. The molecule has 32 heavy (non-hydrogen) atoms. The van der Waals surface area contributed by atoms with E-state index in [0.29, 0.717) is 17.3 Å². The minimum absolute atomic E-state index is 0.125. The van der Waals surface area contributed by atoms with Crippen molar-refractivity contribution in [2.24, 2.45) is 0 Å². The van der Waals surface area contributed by atoms with Crippen molar-refractivity contribution < 1.29 is 9.21 Å². The molecule has 158 valence electrons. The molecule has 0 fully saturated rings. The third kappa shape index (κ3) is 4.45. The lowest BCUT2D eigenvalue weighted by molar-refractivity contribution is -0.115. The Kier molecular flexibility index (Phi) is 5.52. The van der Waals surface area contributed by atoms with Crippen LogP contribution in [0.5, 0.6) is 0 Å². The lowest BCUT2D eigenvalue weighted by atomic mass is 10.1. The van der Waals surface area contributed by atoms with Crippen LogP contribution in [0.25, 0.3) is 21.7 Å². The Bertz CT molecular complexity index is 1340. The molecule has 0 aliphatic carbocycles. The van der Waals surface area contributed by atoms with Gasteiger partial charge in [0.25, 0.3) is 0 Å². The molecule has 0 bridgehead atoms. The first-order valence-electron chi connectivity index (χ1n) is 10.4. The second-order valence-electron chi connectivity index (χ2n) is 7.56. The monoisotopic (exact) mass is 439 g/mol. The lowest BCUT2D eigenvalue weighted by Gasteiger charge is -2.05. The van der Waals surface area contributed by atoms with E-state index in [2.05, 4.69) is 16.4 Å². The fourth-order valence-corrected chi connectivity index (χ4v) is 4.53. The Morgan fingerprint density at radius 1 is 0.938 bits per heavy atom. The highest BCUT2D eigenvalue weighted by Crippen LogP contribution is 2.25. The molecule has 1 amide bonds. The predicted molar refractivity (Wildman–Crippen MR) is 128 cm³/mol. The maximum atomic E-state index is 12.6. The number of rotatable bonds is 6. The van der Waals surface area contributed by atoms with Crippen molar-refractivity contribution in [2.45, 2.75) is 19.8 Å². The van der Waals surface area contributed by atoms with E-state index in [1.54, 1.807) is 11.3 Å². The van der Waals surface area contributed by atoms with Crippen LogP contribution < -0.4 is 5.32 Å². The molecule has 0 saturated carbocycles. The zero-order chi connectivity index (χ0) is 21.9. The maximum absolute atomic E-state index is 12.6. The standard InChI is InChI=1S/C26H21N3O2S/c1-17-22(29-26(31-17)19-7-3-2-4-8-19)16-24(30)27-20-13-11-18(12-14-20)15-25-28-21-9-5-6-10-23(21)32-25/h2-14H,15-16H2,1H3,(H,27,30). The fraction of sp³-hybridized carbons (Fsp3) is 0.115. The molecule has 5 rings (SSSR count). The molecule has 2 heterocycles. The summed E-state index contributed by atoms with van der Waals surface area (Å²) in [7, 11) is 0. The Balaban J connectivity index is 1.22. The number of carbonyl (C=O) groups excluding carboxylic acids is 1. The molecule has 5 nitrogen and oxygen atoms in total. The number of aromatic nitrogens is 2. The molecular formula is C26H21N3O2S. The van der Waals surface area contributed by atoms with Gasteiger partial charge in [0.1, 0.15) is 5.76 Å². The van der Waals surface area contributed by atoms with Gasteiger partial charge in [-0.25, -0.2) is 9.97 Å². The number of para-hydroxylation sites is 1. The molecular weight excluding hydrogens is 418 g/mol. The molecule has 6 heteroatoms. The largest absolute Gasteiger partial charge is 0.441 e. The Labute approximate surface area is 189 Å². The average molecular weight is 440 g/mol. The molecule has 1 N–H and O–H groups in total. The number of aryl methyl sites for hydroxylation is 1. The summed E-state index contributed by atoms with van der Waals surface area (Å²) in [5.74, 6) is 1.07. The van der Waals surface area contributed by atoms with Crippen LogP contribution >= 0.6 is 11.3 Å². The summed E-state index contributed by atoms with van der Waals surface area (Å²) in [6.45, 7) is 1.83. The number of anilines is 1. The topological polar surface area (TPSA) is 68.0 Å². The van der Waals surface area contributed by atoms with Crippen LogP contribution in [0.2, 0.25) is 0 Å². The Morgan fingerprint density at radius 2 is 1.69 bits per heavy atom. The van der Waals surface area contributed by atoms with Crippen LogP contribution in [0.15, 0.2) is 83.3 Å². The summed E-state index contributed by atoms with van der Waals surface area (Å²) >= 11 is 1.71. The van der Waals surface area contributed by atoms with Crippen molar-refractivity contribution in [3.8, 4) is 11.5 Å². The van der Waals surface area contributed by atoms with Gasteiger partial charge in [-0.3, -0.25) is 4.79 Å². The van der Waals surface area contributed by atoms with Crippen LogP contribution in [-0.4, -0.2) is 15.9 Å². The van der Waals surface area contributed by atoms with Crippen LogP contribution in [0.1, 0.15) is 22.0 Å². The number of amides is 1. The quantitative estimate of drug-likeness (QED) is 0.351. The third-order valence-electron chi connectivity index (χ3n) is 5.17. The third-order valence-corrected chi connectivity index (χ3v) is 6.21. The van der Waals surface area contributed by atoms with E-state index in [-0.39, 0.29) is 12.3 Å². The predicted octanol–water partition coefficient (Wildman–Crippen LogP) is 6.03. The zero-order valence-corrected chi connectivity index (χ0v) is 18.4. The number of hydrogen-bond acceptors (Lipinski definition) is 5. The normalized spacial score (nSPS) is 11.0. The van der Waals surface area contributed by atoms with Gasteiger partial charge in [-0.05, 0) is 48.9 Å². The molecule has 0 atom stereocenters. The van der Waals surface area contributed by atoms with Crippen LogP contribution in [0, 0.1) is 6.92 Å². The van der Waals surface area contributed by atoms with Crippen molar-refractivity contribution in [1.29, 1.82) is 0 Å². The summed E-state index contributed by atoms with van der Waals surface area (Å²) in [6.07, 6.45) is 0.934. The number of nitrogens with zero attached hydrogens (tertiary/aromatic N) is 2. The van der Waals surface area contributed by atoms with Gasteiger partial charge in [0.15, 0.2) is 0 Å². The van der Waals surface area contributed by atoms with Gasteiger partial charge < -0.3 is 9.73 Å². The minimum Gasteiger partial charge on any atom is -0.441 e. The average Bonchev–Trinajstić information content (AvgIpc) is 3.38. The van der Waals surface area contributed by atoms with Gasteiger partial charge >= 0.3 is 0 Å². The lowest BCUT2D eigenvalue weighted by Crippen LogP contribution is -2.15. The number of thiazole rings is 1. The van der Waals surface area contributed by atoms with Gasteiger partial charge in [0, 0.05) is 17.7 Å². The van der Waals surface area contributed by atoms with E-state index >= 15 is 0 Å². The maximum Gasteiger partial charge on any atom is 0.230 e. The van der Waals surface area contributed by atoms with E-state index in [1.165, 1.54) is 4.70 Å². The van der Waals surface area contributed by atoms with Crippen LogP contribution in [-0.2, 0) is 17.6 Å². The van der Waals surface area contributed by atoms with E-state index in [1.807, 2.05) is 79.7 Å². The fourth-order valence-electron chi connectivity index (χ4n) is 3.53. The SMILES string of the molecule is Cc1oc(-c2ccccc2)nc1CC(=O)Nc1ccc(Cc2nc3ccccc3s2)cc1. The number of benzene rings is 3. The Morgan fingerprint density at radius 3 is 2.47 bits per heavy atom. The van der Waals surface area contributed by atoms with Gasteiger partial charge in [-0.2, -0.15) is 0 Å². The highest BCUT2D eigenvalue weighted by Gasteiger charge is 2.15. The Hall–Kier alpha value is -3.77. The second-order valence-corrected chi connectivity index (χ2v) is 8.68. The van der Waals surface area contributed by atoms with Gasteiger partial charge in [0.2, 0.25) is 11.8 Å². The van der Waals surface area contributed by atoms with E-state index < -0.39 is 0 Å². The van der Waals surface area contributed by atoms with Crippen LogP contribution in [0.3, 0.4) is 0 Å². The number of hydrogen-bond donors (Lipinski definition) is 1. The first-order chi connectivity index (χ1) is 15.6. The summed E-state index contributed by atoms with van der Waals surface area (Å²) in [6, 6.07) is 25.7. The molecule has 5 aromatic rings. The van der Waals surface area contributed by atoms with Gasteiger partial charge in [0.05, 0.1) is 27.3 Å². The molecule has 0 aliphatic heterocycles. The number of oxazole rings is 1. The summed E-state index contributed by atoms with van der Waals surface area (Å²) in [4.78, 5) is 21.8. The number of nitrogens with one attached hydrogen (secondary N) is 1. The van der Waals surface area contributed by atoms with Crippen molar-refractivity contribution in [1.82, 2.24) is 9.97 Å². The molecule has 0 unspecified atom stereocenters. The van der Waals surface area contributed by atoms with Gasteiger partial charge in [-0.1, -0.05) is 42.5 Å². The first-order valence-corrected chi connectivity index (χ1v) is 11.2. The van der Waals surface area contributed by atoms with Crippen molar-refractivity contribution >= 4 is 33.1 Å². The summed E-state index contributed by atoms with van der Waals surface area (Å²) in [5.41, 5.74) is 4.49. The molecule has 0 saturated heterocycles. The number of fused-ring (bicyclic) bond motifs is 1. The van der Waals surface area contributed by atoms with Crippen molar-refractivity contribution in [3.63, 3.8) is 0 Å². The highest BCUT2D eigenvalue weighted by atomic mass is 32.1. The van der Waals surface area contributed by atoms with E-state index in [9.17, 15) is 4.79 Å². The molecule has 0 radical (unpaired) electrons. The van der Waals surface area contributed by atoms with Crippen molar-refractivity contribution in [2.75, 3.05) is 5.32 Å². The first kappa shape index (κ1) is 20.2. The smallest absolute Gasteiger partial charge is 0.230 e. The number of carbonyl (C=O) groups is 1. The molecule has 0 aliphatic rings. The second kappa shape index (κ2) is 8.77. The zero-order valence-electron chi connectivity index (χ0n) is 17.5. The van der Waals surface area contributed by atoms with E-state index in [4.69, 9.17) is 9.40 Å². The van der Waals surface area contributed by atoms with Crippen LogP contribution in [0.4, 0.5) is 5.69 Å². The molecule has 3 aromatic carbocycles. The van der Waals surface area contributed by atoms with Crippen molar-refractivity contribution in [3.05, 3.63) is 101 Å². The summed E-state index contributed by atoms with van der Waals surface area (Å²) in [5, 5.41) is 4.03. The van der Waals surface area contributed by atoms with Gasteiger partial charge in [-0.15, -0.1) is 11.3 Å². The minimum atomic E-state index is -0.125. The molecule has 0 spiro atoms. The summed E-state index contributed by atoms with van der Waals surface area (Å²) < 4.78 is 6.95.